The van der Waals surface area contributed by atoms with Crippen molar-refractivity contribution >= 4 is 17.5 Å². The number of halogens is 1. The summed E-state index contributed by atoms with van der Waals surface area (Å²) in [5.74, 6) is -0.0502. The number of hydrogen-bond donors (Lipinski definition) is 3. The topological polar surface area (TPSA) is 61.4 Å². The van der Waals surface area contributed by atoms with Gasteiger partial charge in [0.1, 0.15) is 0 Å². The van der Waals surface area contributed by atoms with Gasteiger partial charge >= 0.3 is 0 Å². The van der Waals surface area contributed by atoms with Gasteiger partial charge in [-0.05, 0) is 25.5 Å². The molecule has 1 heterocycles. The normalized spacial score (nSPS) is 20.8. The minimum absolute atomic E-state index is 0.0502. The lowest BCUT2D eigenvalue weighted by atomic mass is 10.0. The molecule has 1 saturated heterocycles. The number of nitrogens with one attached hydrogen (secondary N) is 2. The molecule has 0 aromatic heterocycles. The quantitative estimate of drug-likeness (QED) is 0.787. The van der Waals surface area contributed by atoms with Crippen LogP contribution in [0, 0.1) is 0 Å². The van der Waals surface area contributed by atoms with E-state index in [-0.39, 0.29) is 18.5 Å². The molecule has 1 aliphatic rings. The Kier molecular flexibility index (Phi) is 5.19. The van der Waals surface area contributed by atoms with Crippen LogP contribution >= 0.6 is 11.6 Å². The highest BCUT2D eigenvalue weighted by molar-refractivity contribution is 6.31. The Hall–Kier alpha value is -1.10. The molecule has 5 heteroatoms. The molecule has 1 unspecified atom stereocenters. The molecule has 0 radical (unpaired) electrons. The SMILES string of the molecule is O=C(NCC(O)c1ccccc1Cl)[C@H]1CCCCN1. The number of carbonyl (C=O) groups is 1. The lowest BCUT2D eigenvalue weighted by Crippen LogP contribution is -2.47. The number of aliphatic hydroxyl groups excluding tert-OH is 1. The molecule has 19 heavy (non-hydrogen) atoms. The first-order valence-corrected chi connectivity index (χ1v) is 7.00. The zero-order valence-electron chi connectivity index (χ0n) is 10.7. The van der Waals surface area contributed by atoms with E-state index in [1.807, 2.05) is 12.1 Å². The van der Waals surface area contributed by atoms with Crippen molar-refractivity contribution in [3.63, 3.8) is 0 Å². The summed E-state index contributed by atoms with van der Waals surface area (Å²) in [6.07, 6.45) is 2.26. The van der Waals surface area contributed by atoms with E-state index in [0.717, 1.165) is 25.8 Å². The highest BCUT2D eigenvalue weighted by Crippen LogP contribution is 2.21. The van der Waals surface area contributed by atoms with Crippen LogP contribution in [0.25, 0.3) is 0 Å². The molecule has 104 valence electrons. The maximum absolute atomic E-state index is 11.9. The number of benzene rings is 1. The van der Waals surface area contributed by atoms with Crippen molar-refractivity contribution < 1.29 is 9.90 Å². The van der Waals surface area contributed by atoms with E-state index < -0.39 is 6.10 Å². The molecule has 1 amide bonds. The van der Waals surface area contributed by atoms with Gasteiger partial charge in [0.2, 0.25) is 5.91 Å². The van der Waals surface area contributed by atoms with E-state index in [4.69, 9.17) is 11.6 Å². The Morgan fingerprint density at radius 2 is 2.26 bits per heavy atom. The zero-order valence-corrected chi connectivity index (χ0v) is 11.5. The number of hydrogen-bond acceptors (Lipinski definition) is 3. The van der Waals surface area contributed by atoms with Crippen molar-refractivity contribution in [1.29, 1.82) is 0 Å². The second-order valence-corrected chi connectivity index (χ2v) is 5.19. The minimum Gasteiger partial charge on any atom is -0.387 e. The lowest BCUT2D eigenvalue weighted by molar-refractivity contribution is -0.124. The molecular formula is C14H19ClN2O2. The first-order chi connectivity index (χ1) is 9.18. The molecule has 0 aliphatic carbocycles. The fraction of sp³-hybridized carbons (Fsp3) is 0.500. The van der Waals surface area contributed by atoms with Crippen molar-refractivity contribution in [1.82, 2.24) is 10.6 Å². The van der Waals surface area contributed by atoms with E-state index in [0.29, 0.717) is 10.6 Å². The third-order valence-corrected chi connectivity index (χ3v) is 3.70. The highest BCUT2D eigenvalue weighted by Gasteiger charge is 2.21. The maximum Gasteiger partial charge on any atom is 0.237 e. The number of piperidine rings is 1. The summed E-state index contributed by atoms with van der Waals surface area (Å²) in [5, 5.41) is 16.5. The molecule has 2 atom stereocenters. The molecule has 0 bridgehead atoms. The molecular weight excluding hydrogens is 264 g/mol. The van der Waals surface area contributed by atoms with Crippen molar-refractivity contribution in [2.24, 2.45) is 0 Å². The number of aliphatic hydroxyl groups is 1. The summed E-state index contributed by atoms with van der Waals surface area (Å²) in [4.78, 5) is 11.9. The summed E-state index contributed by atoms with van der Waals surface area (Å²) < 4.78 is 0. The van der Waals surface area contributed by atoms with E-state index in [1.165, 1.54) is 0 Å². The zero-order chi connectivity index (χ0) is 13.7. The molecule has 0 saturated carbocycles. The molecule has 3 N–H and O–H groups in total. The fourth-order valence-corrected chi connectivity index (χ4v) is 2.51. The summed E-state index contributed by atoms with van der Waals surface area (Å²) in [6, 6.07) is 6.98. The van der Waals surface area contributed by atoms with Crippen LogP contribution in [-0.4, -0.2) is 30.1 Å². The van der Waals surface area contributed by atoms with Gasteiger partial charge in [0, 0.05) is 17.1 Å². The largest absolute Gasteiger partial charge is 0.387 e. The molecule has 2 rings (SSSR count). The minimum atomic E-state index is -0.777. The van der Waals surface area contributed by atoms with Crippen LogP contribution in [0.5, 0.6) is 0 Å². The van der Waals surface area contributed by atoms with E-state index in [1.54, 1.807) is 12.1 Å². The second kappa shape index (κ2) is 6.89. The fourth-order valence-electron chi connectivity index (χ4n) is 2.25. The average Bonchev–Trinajstić information content (AvgIpc) is 2.46. The Bertz CT molecular complexity index is 433. The third kappa shape index (κ3) is 3.93. The van der Waals surface area contributed by atoms with Crippen LogP contribution in [0.15, 0.2) is 24.3 Å². The molecule has 0 spiro atoms. The van der Waals surface area contributed by atoms with Gasteiger partial charge < -0.3 is 15.7 Å². The van der Waals surface area contributed by atoms with Crippen molar-refractivity contribution in [2.45, 2.75) is 31.4 Å². The predicted octanol–water partition coefficient (Wildman–Crippen LogP) is 1.63. The van der Waals surface area contributed by atoms with Gasteiger partial charge in [0.05, 0.1) is 12.1 Å². The Morgan fingerprint density at radius 3 is 2.95 bits per heavy atom. The first kappa shape index (κ1) is 14.3. The van der Waals surface area contributed by atoms with Gasteiger partial charge in [0.15, 0.2) is 0 Å². The van der Waals surface area contributed by atoms with Gasteiger partial charge in [-0.1, -0.05) is 36.2 Å². The van der Waals surface area contributed by atoms with Gasteiger partial charge in [-0.15, -0.1) is 0 Å². The number of carbonyl (C=O) groups excluding carboxylic acids is 1. The summed E-state index contributed by atoms with van der Waals surface area (Å²) in [5.41, 5.74) is 0.640. The van der Waals surface area contributed by atoms with Crippen LogP contribution in [0.2, 0.25) is 5.02 Å². The molecule has 4 nitrogen and oxygen atoms in total. The monoisotopic (exact) mass is 282 g/mol. The molecule has 1 aromatic rings. The van der Waals surface area contributed by atoms with Gasteiger partial charge in [0.25, 0.3) is 0 Å². The Labute approximate surface area is 118 Å². The Morgan fingerprint density at radius 1 is 1.47 bits per heavy atom. The lowest BCUT2D eigenvalue weighted by Gasteiger charge is -2.23. The van der Waals surface area contributed by atoms with Crippen LogP contribution in [0.4, 0.5) is 0 Å². The second-order valence-electron chi connectivity index (χ2n) is 4.78. The molecule has 1 aromatic carbocycles. The van der Waals surface area contributed by atoms with Crippen LogP contribution in [0.3, 0.4) is 0 Å². The average molecular weight is 283 g/mol. The summed E-state index contributed by atoms with van der Waals surface area (Å²) in [6.45, 7) is 1.06. The molecule has 1 aliphatic heterocycles. The standard InChI is InChI=1S/C14H19ClN2O2/c15-11-6-2-1-5-10(11)13(18)9-17-14(19)12-7-3-4-8-16-12/h1-2,5-6,12-13,16,18H,3-4,7-9H2,(H,17,19)/t12-,13?/m1/s1. The van der Waals surface area contributed by atoms with Gasteiger partial charge in [-0.25, -0.2) is 0 Å². The van der Waals surface area contributed by atoms with Gasteiger partial charge in [-0.2, -0.15) is 0 Å². The van der Waals surface area contributed by atoms with Crippen LogP contribution in [-0.2, 0) is 4.79 Å². The molecule has 1 fully saturated rings. The van der Waals surface area contributed by atoms with E-state index >= 15 is 0 Å². The highest BCUT2D eigenvalue weighted by atomic mass is 35.5. The van der Waals surface area contributed by atoms with E-state index in [2.05, 4.69) is 10.6 Å². The van der Waals surface area contributed by atoms with Crippen LogP contribution in [0.1, 0.15) is 30.9 Å². The Balaban J connectivity index is 1.84. The maximum atomic E-state index is 11.9. The van der Waals surface area contributed by atoms with Gasteiger partial charge in [-0.3, -0.25) is 4.79 Å². The van der Waals surface area contributed by atoms with Crippen molar-refractivity contribution in [2.75, 3.05) is 13.1 Å². The van der Waals surface area contributed by atoms with Crippen molar-refractivity contribution in [3.05, 3.63) is 34.9 Å². The number of rotatable bonds is 4. The predicted molar refractivity (Wildman–Crippen MR) is 75.1 cm³/mol. The number of amides is 1. The van der Waals surface area contributed by atoms with Crippen LogP contribution < -0.4 is 10.6 Å². The summed E-state index contributed by atoms with van der Waals surface area (Å²) in [7, 11) is 0. The van der Waals surface area contributed by atoms with E-state index in [9.17, 15) is 9.90 Å². The summed E-state index contributed by atoms with van der Waals surface area (Å²) >= 11 is 6.00. The third-order valence-electron chi connectivity index (χ3n) is 3.36. The smallest absolute Gasteiger partial charge is 0.237 e. The van der Waals surface area contributed by atoms with Crippen molar-refractivity contribution in [3.8, 4) is 0 Å². The first-order valence-electron chi connectivity index (χ1n) is 6.62.